The Morgan fingerprint density at radius 3 is 2.52 bits per heavy atom. The number of aromatic nitrogens is 2. The minimum absolute atomic E-state index is 0.0801. The quantitative estimate of drug-likeness (QED) is 0.202. The number of hydrogen-bond acceptors (Lipinski definition) is 8. The summed E-state index contributed by atoms with van der Waals surface area (Å²) < 4.78 is 1.24. The van der Waals surface area contributed by atoms with Crippen molar-refractivity contribution < 1.29 is 24.0 Å². The molecule has 13 heteroatoms. The molecule has 5 unspecified atom stereocenters. The van der Waals surface area contributed by atoms with Gasteiger partial charge in [0, 0.05) is 30.8 Å². The maximum atomic E-state index is 13.6. The van der Waals surface area contributed by atoms with Crippen molar-refractivity contribution in [3.05, 3.63) is 69.6 Å². The summed E-state index contributed by atoms with van der Waals surface area (Å²) in [7, 11) is 0. The van der Waals surface area contributed by atoms with Crippen LogP contribution in [-0.2, 0) is 25.7 Å². The minimum Gasteiger partial charge on any atom is -0.351 e. The van der Waals surface area contributed by atoms with E-state index in [1.165, 1.54) is 34.6 Å². The van der Waals surface area contributed by atoms with Gasteiger partial charge in [0.2, 0.25) is 17.6 Å². The summed E-state index contributed by atoms with van der Waals surface area (Å²) in [6, 6.07) is 11.2. The molecule has 4 aliphatic rings. The third-order valence-corrected chi connectivity index (χ3v) is 11.1. The zero-order valence-corrected chi connectivity index (χ0v) is 27.8. The van der Waals surface area contributed by atoms with E-state index in [1.54, 1.807) is 19.9 Å². The van der Waals surface area contributed by atoms with Gasteiger partial charge in [-0.15, -0.1) is 11.3 Å². The normalized spacial score (nSPS) is 22.6. The Balaban J connectivity index is 1.14. The SMILES string of the molecule is CCNC(=O)C(=O)CC[C@H](NC(=O)c1sc(-c2ccccc2)nc1C)C(=O)Nc1cccn(CC(=O)NC2C3CC4CC(C3)C2C4)c1=O. The Hall–Kier alpha value is -4.65. The molecule has 4 saturated carbocycles. The minimum atomic E-state index is -1.26. The summed E-state index contributed by atoms with van der Waals surface area (Å²) in [4.78, 5) is 82.8. The van der Waals surface area contributed by atoms with Gasteiger partial charge in [-0.05, 0) is 81.8 Å². The van der Waals surface area contributed by atoms with E-state index < -0.39 is 35.1 Å². The third kappa shape index (κ3) is 7.10. The first kappa shape index (κ1) is 33.3. The first-order valence-electron chi connectivity index (χ1n) is 16.6. The number of anilines is 1. The summed E-state index contributed by atoms with van der Waals surface area (Å²) in [6.45, 7) is 3.44. The van der Waals surface area contributed by atoms with Gasteiger partial charge in [0.05, 0.1) is 5.69 Å². The number of aryl methyl sites for hydroxylation is 1. The molecule has 4 amide bonds. The van der Waals surface area contributed by atoms with Crippen LogP contribution in [0.5, 0.6) is 0 Å². The van der Waals surface area contributed by atoms with Crippen LogP contribution < -0.4 is 26.8 Å². The molecule has 4 bridgehead atoms. The van der Waals surface area contributed by atoms with Gasteiger partial charge in [0.1, 0.15) is 28.2 Å². The number of ketones is 1. The molecule has 4 fully saturated rings. The molecule has 0 aliphatic heterocycles. The van der Waals surface area contributed by atoms with Crippen LogP contribution in [-0.4, -0.2) is 57.6 Å². The lowest BCUT2D eigenvalue weighted by Crippen LogP contribution is -2.46. The maximum Gasteiger partial charge on any atom is 0.287 e. The molecular weight excluding hydrogens is 632 g/mol. The highest BCUT2D eigenvalue weighted by Gasteiger charge is 2.54. The van der Waals surface area contributed by atoms with Crippen LogP contribution >= 0.6 is 11.3 Å². The van der Waals surface area contributed by atoms with E-state index in [1.807, 2.05) is 30.3 Å². The third-order valence-electron chi connectivity index (χ3n) is 9.87. The highest BCUT2D eigenvalue weighted by molar-refractivity contribution is 7.17. The fraction of sp³-hybridized carbons (Fsp3) is 0.457. The number of rotatable bonds is 13. The van der Waals surface area contributed by atoms with Gasteiger partial charge < -0.3 is 25.8 Å². The Kier molecular flexibility index (Phi) is 9.86. The first-order valence-corrected chi connectivity index (χ1v) is 17.4. The van der Waals surface area contributed by atoms with Gasteiger partial charge in [-0.2, -0.15) is 0 Å². The summed E-state index contributed by atoms with van der Waals surface area (Å²) in [6.07, 6.45) is 5.73. The second-order valence-corrected chi connectivity index (χ2v) is 14.1. The molecule has 2 aromatic heterocycles. The smallest absolute Gasteiger partial charge is 0.287 e. The average Bonchev–Trinajstić information content (AvgIpc) is 3.68. The second-order valence-electron chi connectivity index (χ2n) is 13.1. The van der Waals surface area contributed by atoms with Crippen LogP contribution in [0.15, 0.2) is 53.5 Å². The van der Waals surface area contributed by atoms with E-state index in [0.29, 0.717) is 33.3 Å². The Morgan fingerprint density at radius 2 is 1.77 bits per heavy atom. The number of benzene rings is 1. The number of nitrogens with zero attached hydrogens (tertiary/aromatic N) is 2. The zero-order valence-electron chi connectivity index (χ0n) is 27.0. The zero-order chi connectivity index (χ0) is 33.9. The molecule has 6 atom stereocenters. The number of carbonyl (C=O) groups excluding carboxylic acids is 5. The van der Waals surface area contributed by atoms with Crippen molar-refractivity contribution in [2.75, 3.05) is 11.9 Å². The largest absolute Gasteiger partial charge is 0.351 e. The van der Waals surface area contributed by atoms with Crippen LogP contribution in [0.25, 0.3) is 10.6 Å². The standard InChI is InChI=1S/C35H40N6O6S/c1-3-36-32(45)27(42)12-11-25(38-33(46)30-19(2)37-34(48-30)21-8-5-4-6-9-21)31(44)39-26-10-7-13-41(35(26)47)18-28(43)40-29-23-15-20-14-22(17-23)24(29)16-20/h4-10,13,20,22-25,29H,3,11-12,14-18H2,1-2H3,(H,36,45)(H,38,46)(H,39,44)(H,40,43)/t20?,22?,23?,24?,25-,29?/m0/s1. The molecule has 4 N–H and O–H groups in total. The Bertz CT molecular complexity index is 1780. The molecule has 0 spiro atoms. The Morgan fingerprint density at radius 1 is 1.00 bits per heavy atom. The summed E-state index contributed by atoms with van der Waals surface area (Å²) in [5.74, 6) is -0.578. The van der Waals surface area contributed by atoms with E-state index in [9.17, 15) is 28.8 Å². The molecule has 0 radical (unpaired) electrons. The van der Waals surface area contributed by atoms with Crippen molar-refractivity contribution in [1.82, 2.24) is 25.5 Å². The fourth-order valence-corrected chi connectivity index (χ4v) is 8.75. The van der Waals surface area contributed by atoms with E-state index >= 15 is 0 Å². The predicted molar refractivity (Wildman–Crippen MR) is 180 cm³/mol. The molecule has 2 heterocycles. The van der Waals surface area contributed by atoms with Crippen LogP contribution in [0.4, 0.5) is 5.69 Å². The molecule has 0 saturated heterocycles. The van der Waals surface area contributed by atoms with Crippen molar-refractivity contribution in [3.8, 4) is 10.6 Å². The van der Waals surface area contributed by atoms with Crippen molar-refractivity contribution >= 4 is 46.4 Å². The summed E-state index contributed by atoms with van der Waals surface area (Å²) in [5.41, 5.74) is 0.645. The summed E-state index contributed by atoms with van der Waals surface area (Å²) >= 11 is 1.17. The highest BCUT2D eigenvalue weighted by atomic mass is 32.1. The van der Waals surface area contributed by atoms with Gasteiger partial charge >= 0.3 is 0 Å². The number of amides is 4. The van der Waals surface area contributed by atoms with E-state index in [4.69, 9.17) is 0 Å². The van der Waals surface area contributed by atoms with Gasteiger partial charge in [0.15, 0.2) is 0 Å². The maximum absolute atomic E-state index is 13.6. The number of nitrogens with one attached hydrogen (secondary N) is 4. The Labute approximate surface area is 282 Å². The van der Waals surface area contributed by atoms with Gasteiger partial charge in [-0.25, -0.2) is 4.98 Å². The molecule has 7 rings (SSSR count). The molecule has 3 aromatic rings. The van der Waals surface area contributed by atoms with Gasteiger partial charge in [0.25, 0.3) is 17.4 Å². The van der Waals surface area contributed by atoms with Crippen molar-refractivity contribution in [2.24, 2.45) is 23.7 Å². The van der Waals surface area contributed by atoms with Crippen molar-refractivity contribution in [1.29, 1.82) is 0 Å². The molecule has 252 valence electrons. The van der Waals surface area contributed by atoms with E-state index in [2.05, 4.69) is 26.3 Å². The number of thiazole rings is 1. The molecule has 4 aliphatic carbocycles. The first-order chi connectivity index (χ1) is 23.1. The van der Waals surface area contributed by atoms with Crippen molar-refractivity contribution in [3.63, 3.8) is 0 Å². The van der Waals surface area contributed by atoms with Crippen LogP contribution in [0.3, 0.4) is 0 Å². The van der Waals surface area contributed by atoms with Gasteiger partial charge in [-0.3, -0.25) is 28.8 Å². The summed E-state index contributed by atoms with van der Waals surface area (Å²) in [5, 5.41) is 11.5. The average molecular weight is 673 g/mol. The van der Waals surface area contributed by atoms with Crippen LogP contribution in [0.2, 0.25) is 0 Å². The number of Topliss-reactive ketones (excluding diaryl/α,β-unsaturated/α-hetero) is 1. The molecule has 12 nitrogen and oxygen atoms in total. The van der Waals surface area contributed by atoms with Gasteiger partial charge in [-0.1, -0.05) is 30.3 Å². The number of hydrogen-bond donors (Lipinski definition) is 4. The lowest BCUT2D eigenvalue weighted by atomic mass is 9.79. The topological polar surface area (TPSA) is 168 Å². The number of pyridine rings is 1. The van der Waals surface area contributed by atoms with Crippen LogP contribution in [0.1, 0.15) is 60.8 Å². The lowest BCUT2D eigenvalue weighted by molar-refractivity contribution is -0.138. The fourth-order valence-electron chi connectivity index (χ4n) is 7.78. The second kappa shape index (κ2) is 14.2. The molecule has 48 heavy (non-hydrogen) atoms. The predicted octanol–water partition coefficient (Wildman–Crippen LogP) is 3.05. The van der Waals surface area contributed by atoms with E-state index in [-0.39, 0.29) is 43.6 Å². The monoisotopic (exact) mass is 672 g/mol. The molecule has 1 aromatic carbocycles. The van der Waals surface area contributed by atoms with E-state index in [0.717, 1.165) is 30.7 Å². The van der Waals surface area contributed by atoms with Crippen LogP contribution in [0, 0.1) is 30.6 Å². The number of likely N-dealkylation sites (N-methyl/N-ethyl adjacent to an activating group) is 1. The molecular formula is C35H40N6O6S. The lowest BCUT2D eigenvalue weighted by Gasteiger charge is -2.32. The van der Waals surface area contributed by atoms with Crippen molar-refractivity contribution in [2.45, 2.75) is 71.0 Å². The highest BCUT2D eigenvalue weighted by Crippen LogP contribution is 2.58. The number of carbonyl (C=O) groups is 5.